The number of carbonyl (C=O) groups is 1. The molecule has 1 rings (SSSR count). The minimum absolute atomic E-state index is 0.113. The summed E-state index contributed by atoms with van der Waals surface area (Å²) in [5.74, 6) is -0.312. The van der Waals surface area contributed by atoms with Gasteiger partial charge in [0.15, 0.2) is 6.29 Å². The quantitative estimate of drug-likeness (QED) is 0.0267. The minimum Gasteiger partial charge on any atom is -0.457 e. The summed E-state index contributed by atoms with van der Waals surface area (Å²) in [6.07, 6.45) is 63.1. The molecule has 0 radical (unpaired) electrons. The SMILES string of the molecule is CCCCCCC/C=C\C/C=C\CCCCCCCCCCCCCCCCOCC(COC1OC(CO)C(O)C(O)C1O)OC(=O)CCCCCCCCCCCCC/C=C\C/C=C\CCCCCCC. The fraction of sp³-hybridized carbons (Fsp3) is 0.857. The second-order valence-corrected chi connectivity index (χ2v) is 21.1. The Bertz CT molecular complexity index is 1250. The molecule has 1 fully saturated rings. The fourth-order valence-corrected chi connectivity index (χ4v) is 9.44. The number of rotatable bonds is 54. The van der Waals surface area contributed by atoms with Crippen LogP contribution in [0.25, 0.3) is 0 Å². The molecule has 4 N–H and O–H groups in total. The van der Waals surface area contributed by atoms with Crippen LogP contribution in [-0.2, 0) is 23.7 Å². The van der Waals surface area contributed by atoms with E-state index in [1.165, 1.54) is 218 Å². The van der Waals surface area contributed by atoms with Crippen LogP contribution in [0.2, 0.25) is 0 Å². The first-order valence-electron chi connectivity index (χ1n) is 30.7. The van der Waals surface area contributed by atoms with Gasteiger partial charge in [0.2, 0.25) is 0 Å². The Kier molecular flexibility index (Phi) is 51.1. The van der Waals surface area contributed by atoms with Crippen LogP contribution < -0.4 is 0 Å². The molecular weight excluding hydrogens is 901 g/mol. The number of hydrogen-bond acceptors (Lipinski definition) is 9. The number of aliphatic hydroxyl groups is 4. The van der Waals surface area contributed by atoms with Gasteiger partial charge in [0, 0.05) is 13.0 Å². The van der Waals surface area contributed by atoms with E-state index >= 15 is 0 Å². The Labute approximate surface area is 443 Å². The standard InChI is InChI=1S/C63H116O9/c1-3-5-7-9-11-13-15-17-19-21-23-25-27-28-29-31-33-35-37-39-41-43-45-47-49-51-53-69-55-57(56-70-63-62(68)61(67)60(66)58(54-64)72-63)71-59(65)52-50-48-46-44-42-40-38-36-34-32-30-26-24-22-20-18-16-14-12-10-8-6-4-2/h15-18,21-24,57-58,60-64,66-68H,3-14,19-20,25-56H2,1-2H3/b17-15-,18-16-,23-21-,24-22-. The molecule has 6 atom stereocenters. The Balaban J connectivity index is 2.13. The average molecular weight is 1020 g/mol. The number of unbranched alkanes of at least 4 members (excludes halogenated alkanes) is 35. The van der Waals surface area contributed by atoms with Crippen LogP contribution >= 0.6 is 0 Å². The molecule has 72 heavy (non-hydrogen) atoms. The molecule has 9 heteroatoms. The number of aliphatic hydroxyl groups excluding tert-OH is 4. The lowest BCUT2D eigenvalue weighted by molar-refractivity contribution is -0.305. The summed E-state index contributed by atoms with van der Waals surface area (Å²) in [6.45, 7) is 4.58. The molecule has 6 unspecified atom stereocenters. The Morgan fingerprint density at radius 1 is 0.444 bits per heavy atom. The fourth-order valence-electron chi connectivity index (χ4n) is 9.44. The second kappa shape index (κ2) is 54.0. The molecule has 1 aliphatic rings. The molecule has 0 spiro atoms. The van der Waals surface area contributed by atoms with Crippen LogP contribution in [-0.4, -0.2) is 89.6 Å². The zero-order valence-electron chi connectivity index (χ0n) is 46.9. The van der Waals surface area contributed by atoms with E-state index in [1.807, 2.05) is 0 Å². The van der Waals surface area contributed by atoms with Crippen molar-refractivity contribution in [3.8, 4) is 0 Å². The van der Waals surface area contributed by atoms with E-state index < -0.39 is 43.4 Å². The van der Waals surface area contributed by atoms with Crippen LogP contribution in [0.5, 0.6) is 0 Å². The third-order valence-electron chi connectivity index (χ3n) is 14.2. The van der Waals surface area contributed by atoms with E-state index in [4.69, 9.17) is 18.9 Å². The van der Waals surface area contributed by atoms with Crippen molar-refractivity contribution in [3.63, 3.8) is 0 Å². The number of ether oxygens (including phenoxy) is 4. The van der Waals surface area contributed by atoms with Crippen molar-refractivity contribution in [1.29, 1.82) is 0 Å². The zero-order valence-corrected chi connectivity index (χ0v) is 46.9. The number of esters is 1. The van der Waals surface area contributed by atoms with Crippen LogP contribution in [0, 0.1) is 0 Å². The summed E-state index contributed by atoms with van der Waals surface area (Å²) in [4.78, 5) is 12.9. The number of carbonyl (C=O) groups excluding carboxylic acids is 1. The van der Waals surface area contributed by atoms with Gasteiger partial charge in [0.1, 0.15) is 30.5 Å². The maximum Gasteiger partial charge on any atom is 0.306 e. The minimum atomic E-state index is -1.54. The predicted octanol–water partition coefficient (Wildman–Crippen LogP) is 16.4. The maximum atomic E-state index is 12.9. The molecule has 1 heterocycles. The van der Waals surface area contributed by atoms with E-state index in [0.717, 1.165) is 44.9 Å². The van der Waals surface area contributed by atoms with Crippen LogP contribution in [0.1, 0.15) is 284 Å². The van der Waals surface area contributed by atoms with Gasteiger partial charge in [0.05, 0.1) is 19.8 Å². The highest BCUT2D eigenvalue weighted by atomic mass is 16.7. The molecule has 9 nitrogen and oxygen atoms in total. The van der Waals surface area contributed by atoms with E-state index in [0.29, 0.717) is 13.0 Å². The lowest BCUT2D eigenvalue weighted by Gasteiger charge is -2.39. The molecular formula is C63H116O9. The third-order valence-corrected chi connectivity index (χ3v) is 14.2. The predicted molar refractivity (Wildman–Crippen MR) is 302 cm³/mol. The molecule has 0 saturated carbocycles. The van der Waals surface area contributed by atoms with E-state index in [9.17, 15) is 25.2 Å². The van der Waals surface area contributed by atoms with Gasteiger partial charge in [-0.1, -0.05) is 249 Å². The Morgan fingerprint density at radius 2 is 0.806 bits per heavy atom. The van der Waals surface area contributed by atoms with E-state index in [-0.39, 0.29) is 19.2 Å². The normalized spacial score (nSPS) is 19.0. The summed E-state index contributed by atoms with van der Waals surface area (Å²) in [5.41, 5.74) is 0. The topological polar surface area (TPSA) is 135 Å². The molecule has 0 bridgehead atoms. The van der Waals surface area contributed by atoms with Gasteiger partial charge in [-0.25, -0.2) is 0 Å². The summed E-state index contributed by atoms with van der Waals surface area (Å²) < 4.78 is 23.0. The lowest BCUT2D eigenvalue weighted by atomic mass is 9.99. The largest absolute Gasteiger partial charge is 0.457 e. The number of hydrogen-bond donors (Lipinski definition) is 4. The van der Waals surface area contributed by atoms with Crippen LogP contribution in [0.15, 0.2) is 48.6 Å². The van der Waals surface area contributed by atoms with Crippen molar-refractivity contribution in [2.45, 2.75) is 320 Å². The van der Waals surface area contributed by atoms with Crippen molar-refractivity contribution in [1.82, 2.24) is 0 Å². The molecule has 422 valence electrons. The molecule has 0 aromatic heterocycles. The summed E-state index contributed by atoms with van der Waals surface area (Å²) >= 11 is 0. The average Bonchev–Trinajstić information content (AvgIpc) is 3.38. The first-order valence-corrected chi connectivity index (χ1v) is 30.7. The van der Waals surface area contributed by atoms with E-state index in [2.05, 4.69) is 62.5 Å². The highest BCUT2D eigenvalue weighted by Gasteiger charge is 2.44. The summed E-state index contributed by atoms with van der Waals surface area (Å²) in [7, 11) is 0. The first kappa shape index (κ1) is 68.2. The summed E-state index contributed by atoms with van der Waals surface area (Å²) in [5, 5.41) is 40.4. The smallest absolute Gasteiger partial charge is 0.306 e. The van der Waals surface area contributed by atoms with Gasteiger partial charge in [-0.05, 0) is 77.0 Å². The molecule has 0 aromatic carbocycles. The molecule has 0 amide bonds. The van der Waals surface area contributed by atoms with Crippen molar-refractivity contribution in [2.24, 2.45) is 0 Å². The van der Waals surface area contributed by atoms with Gasteiger partial charge in [-0.2, -0.15) is 0 Å². The zero-order chi connectivity index (χ0) is 52.1. The van der Waals surface area contributed by atoms with Crippen molar-refractivity contribution in [3.05, 3.63) is 48.6 Å². The van der Waals surface area contributed by atoms with Gasteiger partial charge in [-0.15, -0.1) is 0 Å². The van der Waals surface area contributed by atoms with Gasteiger partial charge in [0.25, 0.3) is 0 Å². The third kappa shape index (κ3) is 43.4. The van der Waals surface area contributed by atoms with Crippen LogP contribution in [0.4, 0.5) is 0 Å². The molecule has 0 aromatic rings. The lowest BCUT2D eigenvalue weighted by Crippen LogP contribution is -2.59. The first-order chi connectivity index (χ1) is 35.4. The van der Waals surface area contributed by atoms with Gasteiger partial charge >= 0.3 is 5.97 Å². The van der Waals surface area contributed by atoms with Crippen molar-refractivity contribution >= 4 is 5.97 Å². The highest BCUT2D eigenvalue weighted by molar-refractivity contribution is 5.69. The Morgan fingerprint density at radius 3 is 1.19 bits per heavy atom. The highest BCUT2D eigenvalue weighted by Crippen LogP contribution is 2.23. The van der Waals surface area contributed by atoms with Crippen LogP contribution in [0.3, 0.4) is 0 Å². The molecule has 1 saturated heterocycles. The monoisotopic (exact) mass is 1020 g/mol. The molecule has 0 aliphatic carbocycles. The number of allylic oxidation sites excluding steroid dienone is 8. The molecule has 1 aliphatic heterocycles. The Hall–Kier alpha value is -1.85. The summed E-state index contributed by atoms with van der Waals surface area (Å²) in [6, 6.07) is 0. The maximum absolute atomic E-state index is 12.9. The van der Waals surface area contributed by atoms with E-state index in [1.54, 1.807) is 0 Å². The van der Waals surface area contributed by atoms with Gasteiger partial charge < -0.3 is 39.4 Å². The van der Waals surface area contributed by atoms with Crippen molar-refractivity contribution < 1.29 is 44.2 Å². The van der Waals surface area contributed by atoms with Gasteiger partial charge in [-0.3, -0.25) is 4.79 Å². The van der Waals surface area contributed by atoms with Crippen molar-refractivity contribution in [2.75, 3.05) is 26.4 Å². The second-order valence-electron chi connectivity index (χ2n) is 21.1.